The van der Waals surface area contributed by atoms with E-state index in [1.165, 1.54) is 0 Å². The fraction of sp³-hybridized carbons (Fsp3) is 0.429. The third kappa shape index (κ3) is 3.98. The first-order valence-corrected chi connectivity index (χ1v) is 7.49. The van der Waals surface area contributed by atoms with Crippen LogP contribution < -0.4 is 19.7 Å². The Bertz CT molecular complexity index is 569. The number of hydrogen-bond donors (Lipinski definition) is 1. The van der Waals surface area contributed by atoms with Crippen molar-refractivity contribution in [3.05, 3.63) is 23.2 Å². The average Bonchev–Trinajstić information content (AvgIpc) is 2.90. The Balaban J connectivity index is 2.02. The number of anilines is 2. The maximum Gasteiger partial charge on any atom is 0.231 e. The monoisotopic (exact) mass is 308 g/mol. The Hall–Kier alpha value is -2.02. The van der Waals surface area contributed by atoms with Gasteiger partial charge in [-0.1, -0.05) is 11.3 Å². The van der Waals surface area contributed by atoms with E-state index in [-0.39, 0.29) is 0 Å². The molecule has 0 atom stereocenters. The van der Waals surface area contributed by atoms with Crippen LogP contribution in [-0.2, 0) is 6.54 Å². The Morgan fingerprint density at radius 1 is 1.33 bits per heavy atom. The molecule has 21 heavy (non-hydrogen) atoms. The summed E-state index contributed by atoms with van der Waals surface area (Å²) in [5.74, 6) is 1.29. The largest absolute Gasteiger partial charge is 0.480 e. The van der Waals surface area contributed by atoms with Crippen molar-refractivity contribution < 1.29 is 9.47 Å². The van der Waals surface area contributed by atoms with Crippen LogP contribution in [0.1, 0.15) is 11.8 Å². The van der Waals surface area contributed by atoms with Gasteiger partial charge in [0, 0.05) is 20.2 Å². The number of ether oxygens (including phenoxy) is 2. The summed E-state index contributed by atoms with van der Waals surface area (Å²) in [7, 11) is 5.56. The molecule has 0 aliphatic rings. The topological polar surface area (TPSA) is 59.5 Å². The summed E-state index contributed by atoms with van der Waals surface area (Å²) in [6.07, 6.45) is 1.76. The molecule has 0 aromatic carbocycles. The van der Waals surface area contributed by atoms with Gasteiger partial charge < -0.3 is 19.7 Å². The predicted octanol–water partition coefficient (Wildman–Crippen LogP) is 2.62. The molecule has 0 saturated carbocycles. The number of thiazole rings is 1. The molecule has 6 nitrogen and oxygen atoms in total. The van der Waals surface area contributed by atoms with Gasteiger partial charge in [0.05, 0.1) is 37.0 Å². The van der Waals surface area contributed by atoms with Crippen LogP contribution in [0.4, 0.5) is 10.8 Å². The van der Waals surface area contributed by atoms with Crippen LogP contribution in [0.5, 0.6) is 11.8 Å². The third-order valence-electron chi connectivity index (χ3n) is 2.71. The minimum atomic E-state index is 0.616. The molecule has 0 radical (unpaired) electrons. The minimum Gasteiger partial charge on any atom is -0.480 e. The molecule has 0 saturated heterocycles. The number of methoxy groups -OCH3 is 1. The Morgan fingerprint density at radius 2 is 2.14 bits per heavy atom. The molecule has 114 valence electrons. The lowest BCUT2D eigenvalue weighted by Gasteiger charge is -2.07. The molecule has 2 aromatic rings. The molecule has 0 amide bonds. The van der Waals surface area contributed by atoms with E-state index in [2.05, 4.69) is 15.3 Å². The van der Waals surface area contributed by atoms with Crippen LogP contribution in [0.25, 0.3) is 0 Å². The second-order valence-electron chi connectivity index (χ2n) is 4.49. The van der Waals surface area contributed by atoms with Crippen LogP contribution in [0.2, 0.25) is 0 Å². The Labute approximate surface area is 128 Å². The lowest BCUT2D eigenvalue weighted by atomic mass is 10.4. The summed E-state index contributed by atoms with van der Waals surface area (Å²) in [6.45, 7) is 3.20. The molecular formula is C14H20N4O2S. The first-order chi connectivity index (χ1) is 10.1. The standard InChI is InChI=1S/C14H20N4O2S/c1-5-20-12-7-6-10(8-16-12)15-9-11-13(19-4)17-14(21-11)18(2)3/h6-8,15H,5,9H2,1-4H3. The maximum absolute atomic E-state index is 5.32. The highest BCUT2D eigenvalue weighted by Crippen LogP contribution is 2.30. The second kappa shape index (κ2) is 7.12. The SMILES string of the molecule is CCOc1ccc(NCc2sc(N(C)C)nc2OC)cn1. The fourth-order valence-corrected chi connectivity index (χ4v) is 2.58. The van der Waals surface area contributed by atoms with Gasteiger partial charge in [-0.05, 0) is 13.0 Å². The Kier molecular flexibility index (Phi) is 5.21. The van der Waals surface area contributed by atoms with Crippen molar-refractivity contribution in [2.75, 3.05) is 38.0 Å². The first kappa shape index (κ1) is 15.4. The minimum absolute atomic E-state index is 0.616. The molecule has 0 bridgehead atoms. The van der Waals surface area contributed by atoms with Crippen LogP contribution >= 0.6 is 11.3 Å². The van der Waals surface area contributed by atoms with Crippen LogP contribution in [0.15, 0.2) is 18.3 Å². The van der Waals surface area contributed by atoms with Crippen molar-refractivity contribution in [3.8, 4) is 11.8 Å². The van der Waals surface area contributed by atoms with Gasteiger partial charge >= 0.3 is 0 Å². The third-order valence-corrected chi connectivity index (χ3v) is 3.91. The highest BCUT2D eigenvalue weighted by molar-refractivity contribution is 7.15. The summed E-state index contributed by atoms with van der Waals surface area (Å²) in [4.78, 5) is 11.7. The van der Waals surface area contributed by atoms with Crippen molar-refractivity contribution in [2.45, 2.75) is 13.5 Å². The zero-order valence-corrected chi connectivity index (χ0v) is 13.5. The van der Waals surface area contributed by atoms with Gasteiger partial charge in [-0.3, -0.25) is 0 Å². The van der Waals surface area contributed by atoms with Crippen molar-refractivity contribution in [3.63, 3.8) is 0 Å². The van der Waals surface area contributed by atoms with Gasteiger partial charge in [-0.15, -0.1) is 0 Å². The molecule has 7 heteroatoms. The highest BCUT2D eigenvalue weighted by atomic mass is 32.1. The number of pyridine rings is 1. The molecule has 2 aromatic heterocycles. The van der Waals surface area contributed by atoms with E-state index >= 15 is 0 Å². The molecule has 2 heterocycles. The van der Waals surface area contributed by atoms with Gasteiger partial charge in [-0.2, -0.15) is 4.98 Å². The van der Waals surface area contributed by atoms with Crippen LogP contribution in [0.3, 0.4) is 0 Å². The van der Waals surface area contributed by atoms with Crippen molar-refractivity contribution in [2.24, 2.45) is 0 Å². The number of nitrogens with one attached hydrogen (secondary N) is 1. The molecular weight excluding hydrogens is 288 g/mol. The van der Waals surface area contributed by atoms with E-state index in [1.54, 1.807) is 24.6 Å². The normalized spacial score (nSPS) is 10.3. The van der Waals surface area contributed by atoms with Gasteiger partial charge in [0.1, 0.15) is 0 Å². The van der Waals surface area contributed by atoms with E-state index in [9.17, 15) is 0 Å². The summed E-state index contributed by atoms with van der Waals surface area (Å²) >= 11 is 1.60. The average molecular weight is 308 g/mol. The molecule has 0 aliphatic carbocycles. The number of aromatic nitrogens is 2. The van der Waals surface area contributed by atoms with Gasteiger partial charge in [0.25, 0.3) is 0 Å². The van der Waals surface area contributed by atoms with E-state index in [4.69, 9.17) is 9.47 Å². The van der Waals surface area contributed by atoms with Crippen molar-refractivity contribution in [1.29, 1.82) is 0 Å². The maximum atomic E-state index is 5.32. The van der Waals surface area contributed by atoms with Gasteiger partial charge in [0.2, 0.25) is 11.8 Å². The van der Waals surface area contributed by atoms with Gasteiger partial charge in [0.15, 0.2) is 5.13 Å². The van der Waals surface area contributed by atoms with E-state index in [1.807, 2.05) is 38.1 Å². The van der Waals surface area contributed by atoms with E-state index in [0.717, 1.165) is 15.7 Å². The highest BCUT2D eigenvalue weighted by Gasteiger charge is 2.12. The van der Waals surface area contributed by atoms with Crippen LogP contribution in [-0.4, -0.2) is 37.8 Å². The number of hydrogen-bond acceptors (Lipinski definition) is 7. The first-order valence-electron chi connectivity index (χ1n) is 6.67. The lowest BCUT2D eigenvalue weighted by molar-refractivity contribution is 0.327. The smallest absolute Gasteiger partial charge is 0.231 e. The van der Waals surface area contributed by atoms with E-state index in [0.29, 0.717) is 24.9 Å². The molecule has 0 spiro atoms. The van der Waals surface area contributed by atoms with Crippen molar-refractivity contribution in [1.82, 2.24) is 9.97 Å². The zero-order valence-electron chi connectivity index (χ0n) is 12.7. The predicted molar refractivity (Wildman–Crippen MR) is 85.7 cm³/mol. The molecule has 0 unspecified atom stereocenters. The molecule has 2 rings (SSSR count). The van der Waals surface area contributed by atoms with Crippen molar-refractivity contribution >= 4 is 22.2 Å². The zero-order chi connectivity index (χ0) is 15.2. The molecule has 0 fully saturated rings. The molecule has 1 N–H and O–H groups in total. The summed E-state index contributed by atoms with van der Waals surface area (Å²) in [5.41, 5.74) is 0.931. The number of nitrogens with zero attached hydrogens (tertiary/aromatic N) is 3. The van der Waals surface area contributed by atoms with E-state index < -0.39 is 0 Å². The Morgan fingerprint density at radius 3 is 2.71 bits per heavy atom. The summed E-state index contributed by atoms with van der Waals surface area (Å²) in [6, 6.07) is 3.79. The number of rotatable bonds is 7. The lowest BCUT2D eigenvalue weighted by Crippen LogP contribution is -2.07. The summed E-state index contributed by atoms with van der Waals surface area (Å²) in [5, 5.41) is 4.24. The quantitative estimate of drug-likeness (QED) is 0.848. The van der Waals surface area contributed by atoms with Gasteiger partial charge in [-0.25, -0.2) is 4.98 Å². The fourth-order valence-electron chi connectivity index (χ4n) is 1.69. The van der Waals surface area contributed by atoms with Crippen LogP contribution in [0, 0.1) is 0 Å². The second-order valence-corrected chi connectivity index (χ2v) is 5.56. The molecule has 0 aliphatic heterocycles. The summed E-state index contributed by atoms with van der Waals surface area (Å²) < 4.78 is 10.6.